The topological polar surface area (TPSA) is 128 Å². The predicted molar refractivity (Wildman–Crippen MR) is 106 cm³/mol. The number of nitrogens with zero attached hydrogens (tertiary/aromatic N) is 1. The van der Waals surface area contributed by atoms with E-state index in [1.165, 1.54) is 30.0 Å². The number of nitro benzene ring substituents is 1. The van der Waals surface area contributed by atoms with Gasteiger partial charge in [0.25, 0.3) is 11.6 Å². The highest BCUT2D eigenvalue weighted by atomic mass is 32.2. The third-order valence-corrected chi connectivity index (χ3v) is 4.43. The largest absolute Gasteiger partial charge is 0.452 e. The van der Waals surface area contributed by atoms with E-state index in [1.54, 1.807) is 12.1 Å². The highest BCUT2D eigenvalue weighted by molar-refractivity contribution is 7.99. The van der Waals surface area contributed by atoms with Crippen molar-refractivity contribution in [2.24, 2.45) is 0 Å². The van der Waals surface area contributed by atoms with Gasteiger partial charge in [-0.15, -0.1) is 6.58 Å². The molecular formula is C19H17N3O6S. The maximum atomic E-state index is 12.1. The highest BCUT2D eigenvalue weighted by Gasteiger charge is 2.20. The van der Waals surface area contributed by atoms with Crippen molar-refractivity contribution in [3.63, 3.8) is 0 Å². The van der Waals surface area contributed by atoms with Crippen LogP contribution in [0.3, 0.4) is 0 Å². The minimum absolute atomic E-state index is 0.0852. The maximum absolute atomic E-state index is 12.1. The Morgan fingerprint density at radius 1 is 1.17 bits per heavy atom. The van der Waals surface area contributed by atoms with E-state index < -0.39 is 29.4 Å². The number of hydrogen-bond acceptors (Lipinski definition) is 7. The van der Waals surface area contributed by atoms with Gasteiger partial charge in [0.15, 0.2) is 6.61 Å². The third-order valence-electron chi connectivity index (χ3n) is 3.36. The molecule has 0 heterocycles. The molecule has 2 N–H and O–H groups in total. The lowest BCUT2D eigenvalue weighted by atomic mass is 10.2. The number of carbonyl (C=O) groups is 3. The zero-order chi connectivity index (χ0) is 21.2. The molecule has 0 aliphatic carbocycles. The molecular weight excluding hydrogens is 398 g/mol. The zero-order valence-corrected chi connectivity index (χ0v) is 15.9. The molecule has 0 aliphatic heterocycles. The number of rotatable bonds is 8. The number of nitrogens with one attached hydrogen (secondary N) is 2. The molecule has 0 saturated heterocycles. The summed E-state index contributed by atoms with van der Waals surface area (Å²) in [7, 11) is 0. The summed E-state index contributed by atoms with van der Waals surface area (Å²) in [6.07, 6.45) is 1.43. The first-order valence-corrected chi connectivity index (χ1v) is 9.09. The Balaban J connectivity index is 2.02. The number of urea groups is 1. The van der Waals surface area contributed by atoms with Gasteiger partial charge in [-0.05, 0) is 24.3 Å². The van der Waals surface area contributed by atoms with E-state index in [-0.39, 0.29) is 17.8 Å². The van der Waals surface area contributed by atoms with Gasteiger partial charge in [0.2, 0.25) is 0 Å². The monoisotopic (exact) mass is 415 g/mol. The molecule has 3 amide bonds. The Kier molecular flexibility index (Phi) is 7.92. The van der Waals surface area contributed by atoms with Crippen LogP contribution in [0.4, 0.5) is 10.5 Å². The van der Waals surface area contributed by atoms with Crippen molar-refractivity contribution in [1.29, 1.82) is 0 Å². The first-order chi connectivity index (χ1) is 13.9. The van der Waals surface area contributed by atoms with Crippen LogP contribution >= 0.6 is 11.8 Å². The molecule has 0 spiro atoms. The summed E-state index contributed by atoms with van der Waals surface area (Å²) >= 11 is 1.19. The van der Waals surface area contributed by atoms with E-state index in [0.29, 0.717) is 4.90 Å². The Labute approximate surface area is 170 Å². The number of benzene rings is 2. The smallest absolute Gasteiger partial charge is 0.338 e. The lowest BCUT2D eigenvalue weighted by Gasteiger charge is -2.08. The van der Waals surface area contributed by atoms with Gasteiger partial charge in [-0.2, -0.15) is 0 Å². The number of ether oxygens (including phenoxy) is 1. The van der Waals surface area contributed by atoms with Crippen LogP contribution in [0.2, 0.25) is 0 Å². The van der Waals surface area contributed by atoms with Crippen molar-refractivity contribution in [2.75, 3.05) is 13.2 Å². The van der Waals surface area contributed by atoms with Crippen LogP contribution < -0.4 is 10.6 Å². The van der Waals surface area contributed by atoms with Crippen LogP contribution in [-0.2, 0) is 9.53 Å². The number of imide groups is 1. The van der Waals surface area contributed by atoms with E-state index in [9.17, 15) is 24.5 Å². The quantitative estimate of drug-likeness (QED) is 0.294. The maximum Gasteiger partial charge on any atom is 0.338 e. The van der Waals surface area contributed by atoms with Gasteiger partial charge in [-0.3, -0.25) is 20.2 Å². The molecule has 0 fully saturated rings. The summed E-state index contributed by atoms with van der Waals surface area (Å²) in [6, 6.07) is 12.2. The number of nitro groups is 1. The van der Waals surface area contributed by atoms with Crippen molar-refractivity contribution >= 4 is 35.4 Å². The van der Waals surface area contributed by atoms with Crippen LogP contribution in [0.5, 0.6) is 0 Å². The fourth-order valence-corrected chi connectivity index (χ4v) is 3.00. The summed E-state index contributed by atoms with van der Waals surface area (Å²) in [4.78, 5) is 47.0. The van der Waals surface area contributed by atoms with Gasteiger partial charge >= 0.3 is 12.0 Å². The second-order valence-electron chi connectivity index (χ2n) is 5.48. The second kappa shape index (κ2) is 10.6. The van der Waals surface area contributed by atoms with Crippen LogP contribution in [0.15, 0.2) is 71.0 Å². The minimum Gasteiger partial charge on any atom is -0.452 e. The van der Waals surface area contributed by atoms with Gasteiger partial charge in [-0.25, -0.2) is 9.59 Å². The summed E-state index contributed by atoms with van der Waals surface area (Å²) in [5.74, 6) is -1.77. The third kappa shape index (κ3) is 6.78. The molecule has 2 aromatic carbocycles. The fourth-order valence-electron chi connectivity index (χ4n) is 2.08. The summed E-state index contributed by atoms with van der Waals surface area (Å²) in [5, 5.41) is 15.7. The molecule has 0 saturated carbocycles. The van der Waals surface area contributed by atoms with Crippen molar-refractivity contribution in [3.8, 4) is 0 Å². The lowest BCUT2D eigenvalue weighted by molar-refractivity contribution is -0.387. The lowest BCUT2D eigenvalue weighted by Crippen LogP contribution is -2.41. The average Bonchev–Trinajstić information content (AvgIpc) is 2.71. The molecule has 9 nitrogen and oxygen atoms in total. The summed E-state index contributed by atoms with van der Waals surface area (Å²) < 4.78 is 4.81. The Morgan fingerprint density at radius 2 is 1.90 bits per heavy atom. The molecule has 2 aromatic rings. The normalized spacial score (nSPS) is 9.93. The zero-order valence-electron chi connectivity index (χ0n) is 15.1. The average molecular weight is 415 g/mol. The summed E-state index contributed by atoms with van der Waals surface area (Å²) in [5.41, 5.74) is -0.348. The first-order valence-electron chi connectivity index (χ1n) is 8.27. The number of carbonyl (C=O) groups excluding carboxylic acids is 3. The van der Waals surface area contributed by atoms with E-state index in [2.05, 4.69) is 11.9 Å². The van der Waals surface area contributed by atoms with Crippen LogP contribution in [0, 0.1) is 10.1 Å². The molecule has 0 bridgehead atoms. The molecule has 10 heteroatoms. The molecule has 2 rings (SSSR count). The van der Waals surface area contributed by atoms with Crippen LogP contribution in [0.1, 0.15) is 10.4 Å². The van der Waals surface area contributed by atoms with Crippen molar-refractivity contribution in [1.82, 2.24) is 10.6 Å². The molecule has 0 aliphatic rings. The van der Waals surface area contributed by atoms with Gasteiger partial charge in [-0.1, -0.05) is 36.0 Å². The van der Waals surface area contributed by atoms with Gasteiger partial charge in [0.05, 0.1) is 15.4 Å². The van der Waals surface area contributed by atoms with E-state index in [4.69, 9.17) is 4.74 Å². The molecule has 0 unspecified atom stereocenters. The van der Waals surface area contributed by atoms with E-state index >= 15 is 0 Å². The standard InChI is InChI=1S/C19H17N3O6S/c1-2-10-20-19(25)21-17(23)12-28-18(24)13-8-9-16(15(11-13)22(26)27)29-14-6-4-3-5-7-14/h2-9,11H,1,10,12H2,(H2,20,21,23,25). The van der Waals surface area contributed by atoms with Crippen molar-refractivity contribution < 1.29 is 24.0 Å². The Bertz CT molecular complexity index is 933. The van der Waals surface area contributed by atoms with E-state index in [0.717, 1.165) is 11.0 Å². The number of esters is 1. The Hall–Kier alpha value is -3.66. The molecule has 29 heavy (non-hydrogen) atoms. The molecule has 0 atom stereocenters. The van der Waals surface area contributed by atoms with Gasteiger partial charge < -0.3 is 10.1 Å². The highest BCUT2D eigenvalue weighted by Crippen LogP contribution is 2.35. The van der Waals surface area contributed by atoms with Crippen molar-refractivity contribution in [3.05, 3.63) is 76.9 Å². The predicted octanol–water partition coefficient (Wildman–Crippen LogP) is 2.91. The van der Waals surface area contributed by atoms with Crippen molar-refractivity contribution in [2.45, 2.75) is 9.79 Å². The number of amides is 3. The van der Waals surface area contributed by atoms with Crippen LogP contribution in [-0.4, -0.2) is 36.0 Å². The van der Waals surface area contributed by atoms with Gasteiger partial charge in [0, 0.05) is 17.5 Å². The molecule has 150 valence electrons. The second-order valence-corrected chi connectivity index (χ2v) is 6.59. The van der Waals surface area contributed by atoms with E-state index in [1.807, 2.05) is 23.5 Å². The molecule has 0 radical (unpaired) electrons. The fraction of sp³-hybridized carbons (Fsp3) is 0.105. The first kappa shape index (κ1) is 21.6. The SMILES string of the molecule is C=CCNC(=O)NC(=O)COC(=O)c1ccc(Sc2ccccc2)c([N+](=O)[O-])c1. The molecule has 0 aromatic heterocycles. The number of hydrogen-bond donors (Lipinski definition) is 2. The minimum atomic E-state index is -0.925. The Morgan fingerprint density at radius 3 is 2.55 bits per heavy atom. The van der Waals surface area contributed by atoms with Crippen LogP contribution in [0.25, 0.3) is 0 Å². The van der Waals surface area contributed by atoms with Gasteiger partial charge in [0.1, 0.15) is 0 Å². The summed E-state index contributed by atoms with van der Waals surface area (Å²) in [6.45, 7) is 2.86.